The Kier molecular flexibility index (Phi) is 4.94. The topological polar surface area (TPSA) is 33.0 Å². The zero-order chi connectivity index (χ0) is 15.2. The normalized spacial score (nSPS) is 11.7. The molecule has 0 spiro atoms. The Hall–Kier alpha value is -2.34. The van der Waals surface area contributed by atoms with Gasteiger partial charge in [-0.3, -0.25) is 0 Å². The highest BCUT2D eigenvalue weighted by Crippen LogP contribution is 2.30. The number of aryl methyl sites for hydroxylation is 1. The molecule has 2 rings (SSSR count). The molecule has 1 atom stereocenters. The molecule has 1 unspecified atom stereocenters. The minimum Gasteiger partial charge on any atom is -0.496 e. The van der Waals surface area contributed by atoms with Crippen LogP contribution in [0.25, 0.3) is 0 Å². The van der Waals surface area contributed by atoms with Gasteiger partial charge in [-0.1, -0.05) is 31.2 Å². The smallest absolute Gasteiger partial charge is 0.123 e. The van der Waals surface area contributed by atoms with Crippen LogP contribution in [0.15, 0.2) is 42.5 Å². The molecule has 0 aliphatic heterocycles. The Labute approximate surface area is 124 Å². The molecule has 0 radical (unpaired) electrons. The van der Waals surface area contributed by atoms with Gasteiger partial charge in [0.1, 0.15) is 11.6 Å². The second kappa shape index (κ2) is 6.90. The van der Waals surface area contributed by atoms with E-state index >= 15 is 0 Å². The fraction of sp³-hybridized carbons (Fsp3) is 0.278. The van der Waals surface area contributed by atoms with Crippen molar-refractivity contribution in [2.24, 2.45) is 0 Å². The van der Waals surface area contributed by atoms with E-state index in [1.165, 1.54) is 17.7 Å². The second-order valence-corrected chi connectivity index (χ2v) is 4.94. The number of nitriles is 1. The van der Waals surface area contributed by atoms with E-state index in [9.17, 15) is 9.65 Å². The van der Waals surface area contributed by atoms with E-state index in [2.05, 4.69) is 13.0 Å². The molecule has 0 fully saturated rings. The van der Waals surface area contributed by atoms with Crippen molar-refractivity contribution in [2.75, 3.05) is 7.11 Å². The first-order valence-electron chi connectivity index (χ1n) is 6.98. The summed E-state index contributed by atoms with van der Waals surface area (Å²) >= 11 is 0. The maximum Gasteiger partial charge on any atom is 0.123 e. The summed E-state index contributed by atoms with van der Waals surface area (Å²) < 4.78 is 18.3. The first kappa shape index (κ1) is 15.1. The van der Waals surface area contributed by atoms with Crippen molar-refractivity contribution >= 4 is 0 Å². The summed E-state index contributed by atoms with van der Waals surface area (Å²) in [5.41, 5.74) is 3.00. The third-order valence-corrected chi connectivity index (χ3v) is 3.59. The first-order valence-corrected chi connectivity index (χ1v) is 6.98. The number of methoxy groups -OCH3 is 1. The minimum atomic E-state index is -0.308. The lowest BCUT2D eigenvalue weighted by molar-refractivity contribution is 0.408. The summed E-state index contributed by atoms with van der Waals surface area (Å²) in [7, 11) is 1.61. The van der Waals surface area contributed by atoms with Gasteiger partial charge in [0.2, 0.25) is 0 Å². The van der Waals surface area contributed by atoms with Gasteiger partial charge in [0.15, 0.2) is 0 Å². The average Bonchev–Trinajstić information content (AvgIpc) is 2.53. The Morgan fingerprint density at radius 1 is 1.14 bits per heavy atom. The number of ether oxygens (including phenoxy) is 1. The van der Waals surface area contributed by atoms with Crippen molar-refractivity contribution in [3.8, 4) is 11.8 Å². The molecule has 0 bridgehead atoms. The summed E-state index contributed by atoms with van der Waals surface area (Å²) in [5.74, 6) is 0.149. The molecule has 21 heavy (non-hydrogen) atoms. The average molecular weight is 283 g/mol. The van der Waals surface area contributed by atoms with Crippen molar-refractivity contribution in [3.63, 3.8) is 0 Å². The zero-order valence-corrected chi connectivity index (χ0v) is 12.3. The van der Waals surface area contributed by atoms with E-state index in [1.807, 2.05) is 18.2 Å². The zero-order valence-electron chi connectivity index (χ0n) is 12.3. The summed E-state index contributed by atoms with van der Waals surface area (Å²) in [6, 6.07) is 14.5. The molecule has 0 amide bonds. The minimum absolute atomic E-state index is 0.266. The van der Waals surface area contributed by atoms with Crippen LogP contribution in [0.2, 0.25) is 0 Å². The monoisotopic (exact) mass is 283 g/mol. The highest BCUT2D eigenvalue weighted by Gasteiger charge is 2.17. The van der Waals surface area contributed by atoms with Crippen LogP contribution < -0.4 is 4.74 Å². The van der Waals surface area contributed by atoms with Crippen LogP contribution >= 0.6 is 0 Å². The van der Waals surface area contributed by atoms with E-state index in [1.54, 1.807) is 19.2 Å². The van der Waals surface area contributed by atoms with E-state index in [0.29, 0.717) is 6.42 Å². The fourth-order valence-electron chi connectivity index (χ4n) is 2.36. The number of hydrogen-bond donors (Lipinski definition) is 0. The maximum absolute atomic E-state index is 13.0. The molecule has 0 aliphatic carbocycles. The highest BCUT2D eigenvalue weighted by atomic mass is 19.1. The second-order valence-electron chi connectivity index (χ2n) is 4.94. The van der Waals surface area contributed by atoms with Gasteiger partial charge >= 0.3 is 0 Å². The summed E-state index contributed by atoms with van der Waals surface area (Å²) in [5, 5.41) is 9.50. The quantitative estimate of drug-likeness (QED) is 0.822. The van der Waals surface area contributed by atoms with Crippen molar-refractivity contribution in [1.82, 2.24) is 0 Å². The van der Waals surface area contributed by atoms with Gasteiger partial charge < -0.3 is 4.74 Å². The van der Waals surface area contributed by atoms with Crippen LogP contribution in [0.3, 0.4) is 0 Å². The van der Waals surface area contributed by atoms with Crippen LogP contribution in [0, 0.1) is 17.1 Å². The van der Waals surface area contributed by atoms with Crippen LogP contribution in [-0.2, 0) is 12.8 Å². The van der Waals surface area contributed by atoms with Crippen molar-refractivity contribution in [3.05, 3.63) is 65.0 Å². The third kappa shape index (κ3) is 3.61. The van der Waals surface area contributed by atoms with E-state index in [-0.39, 0.29) is 11.7 Å². The van der Waals surface area contributed by atoms with Crippen LogP contribution in [0.4, 0.5) is 4.39 Å². The van der Waals surface area contributed by atoms with Crippen molar-refractivity contribution in [2.45, 2.75) is 25.7 Å². The number of halogens is 1. The summed E-state index contributed by atoms with van der Waals surface area (Å²) in [6.07, 6.45) is 1.45. The van der Waals surface area contributed by atoms with E-state index in [4.69, 9.17) is 4.74 Å². The van der Waals surface area contributed by atoms with Crippen molar-refractivity contribution in [1.29, 1.82) is 5.26 Å². The molecule has 2 nitrogen and oxygen atoms in total. The van der Waals surface area contributed by atoms with Crippen LogP contribution in [0.5, 0.6) is 5.75 Å². The Bertz CT molecular complexity index is 643. The number of nitrogens with zero attached hydrogens (tertiary/aromatic N) is 1. The lowest BCUT2D eigenvalue weighted by atomic mass is 9.91. The highest BCUT2D eigenvalue weighted by molar-refractivity contribution is 5.43. The standard InChI is InChI=1S/C18H18FNO/c1-3-13-6-9-18(21-2)17(11-13)15(12-20)10-14-4-7-16(19)8-5-14/h4-9,11,15H,3,10H2,1-2H3. The molecule has 108 valence electrons. The van der Waals surface area contributed by atoms with E-state index in [0.717, 1.165) is 23.3 Å². The Morgan fingerprint density at radius 2 is 1.81 bits per heavy atom. The summed E-state index contributed by atoms with van der Waals surface area (Å²) in [4.78, 5) is 0. The molecule has 0 N–H and O–H groups in total. The van der Waals surface area contributed by atoms with Crippen molar-refractivity contribution < 1.29 is 9.13 Å². The summed E-state index contributed by atoms with van der Waals surface area (Å²) in [6.45, 7) is 2.08. The predicted octanol–water partition coefficient (Wildman–Crippen LogP) is 4.25. The largest absolute Gasteiger partial charge is 0.496 e. The van der Waals surface area contributed by atoms with Gasteiger partial charge in [0.05, 0.1) is 19.1 Å². The van der Waals surface area contributed by atoms with Gasteiger partial charge in [-0.2, -0.15) is 5.26 Å². The van der Waals surface area contributed by atoms with E-state index < -0.39 is 0 Å². The molecule has 0 heterocycles. The van der Waals surface area contributed by atoms with Crippen LogP contribution in [-0.4, -0.2) is 7.11 Å². The predicted molar refractivity (Wildman–Crippen MR) is 80.8 cm³/mol. The first-order chi connectivity index (χ1) is 10.2. The SMILES string of the molecule is CCc1ccc(OC)c(C(C#N)Cc2ccc(F)cc2)c1. The van der Waals surface area contributed by atoms with Gasteiger partial charge in [-0.15, -0.1) is 0 Å². The third-order valence-electron chi connectivity index (χ3n) is 3.59. The number of hydrogen-bond acceptors (Lipinski definition) is 2. The lowest BCUT2D eigenvalue weighted by Gasteiger charge is -2.15. The number of rotatable bonds is 5. The van der Waals surface area contributed by atoms with Crippen LogP contribution in [0.1, 0.15) is 29.5 Å². The molecule has 0 aliphatic rings. The molecule has 2 aromatic rings. The molecule has 2 aromatic carbocycles. The van der Waals surface area contributed by atoms with Gasteiger partial charge in [-0.05, 0) is 42.2 Å². The lowest BCUT2D eigenvalue weighted by Crippen LogP contribution is -2.04. The Balaban J connectivity index is 2.32. The van der Waals surface area contributed by atoms with Gasteiger partial charge in [0.25, 0.3) is 0 Å². The molecular weight excluding hydrogens is 265 g/mol. The molecular formula is C18H18FNO. The fourth-order valence-corrected chi connectivity index (χ4v) is 2.36. The molecule has 0 saturated carbocycles. The molecule has 3 heteroatoms. The van der Waals surface area contributed by atoms with Gasteiger partial charge in [0, 0.05) is 5.56 Å². The van der Waals surface area contributed by atoms with Gasteiger partial charge in [-0.25, -0.2) is 4.39 Å². The number of benzene rings is 2. The maximum atomic E-state index is 13.0. The Morgan fingerprint density at radius 3 is 2.38 bits per heavy atom. The molecule has 0 saturated heterocycles. The molecule has 0 aromatic heterocycles.